The summed E-state index contributed by atoms with van der Waals surface area (Å²) in [5.41, 5.74) is 15.4. The first kappa shape index (κ1) is 33.2. The second-order valence-electron chi connectivity index (χ2n) is 16.2. The fourth-order valence-electron chi connectivity index (χ4n) is 10.5. The van der Waals surface area contributed by atoms with Crippen molar-refractivity contribution < 1.29 is 0 Å². The van der Waals surface area contributed by atoms with Crippen LogP contribution in [-0.4, -0.2) is 19.1 Å². The third kappa shape index (κ3) is 4.45. The molecule has 1 atom stereocenters. The standard InChI is InChI=1S/C56H36N4/c1-56(38-19-6-3-7-20-38)45-23-11-15-27-50(45)60-53-40-21-9-8-16-35(40)28-30-42(53)43-32-31-39(51(56)54(43)60)37-29-33-49-44(34-37)41-22-10-14-26-48(41)59(49)55-52(36-17-4-2-5-18-36)57-46-24-12-13-25-47(46)58-55/h2-34H,1H3. The summed E-state index contributed by atoms with van der Waals surface area (Å²) in [5, 5.41) is 7.40. The zero-order valence-electron chi connectivity index (χ0n) is 32.8. The molecule has 0 aliphatic carbocycles. The molecular formula is C56H36N4. The van der Waals surface area contributed by atoms with E-state index in [-0.39, 0.29) is 0 Å². The van der Waals surface area contributed by atoms with E-state index in [2.05, 4.69) is 192 Å². The van der Waals surface area contributed by atoms with E-state index >= 15 is 0 Å². The molecule has 0 saturated carbocycles. The topological polar surface area (TPSA) is 35.6 Å². The van der Waals surface area contributed by atoms with Crippen LogP contribution in [0.15, 0.2) is 200 Å². The molecule has 280 valence electrons. The lowest BCUT2D eigenvalue weighted by Crippen LogP contribution is -2.31. The molecule has 0 spiro atoms. The van der Waals surface area contributed by atoms with Gasteiger partial charge in [-0.15, -0.1) is 0 Å². The highest BCUT2D eigenvalue weighted by Crippen LogP contribution is 2.54. The van der Waals surface area contributed by atoms with Crippen LogP contribution >= 0.6 is 0 Å². The molecule has 12 aromatic rings. The average molecular weight is 765 g/mol. The smallest absolute Gasteiger partial charge is 0.165 e. The molecule has 0 N–H and O–H groups in total. The van der Waals surface area contributed by atoms with Crippen molar-refractivity contribution in [1.29, 1.82) is 0 Å². The average Bonchev–Trinajstić information content (AvgIpc) is 3.84. The van der Waals surface area contributed by atoms with Crippen molar-refractivity contribution in [3.8, 4) is 33.9 Å². The fraction of sp³-hybridized carbons (Fsp3) is 0.0357. The minimum Gasteiger partial charge on any atom is -0.308 e. The first-order valence-corrected chi connectivity index (χ1v) is 20.7. The number of hydrogen-bond donors (Lipinski definition) is 0. The Hall–Kier alpha value is -7.82. The lowest BCUT2D eigenvalue weighted by molar-refractivity contribution is 0.681. The van der Waals surface area contributed by atoms with Crippen molar-refractivity contribution in [2.75, 3.05) is 0 Å². The van der Waals surface area contributed by atoms with E-state index in [1.807, 2.05) is 24.3 Å². The summed E-state index contributed by atoms with van der Waals surface area (Å²) in [5.74, 6) is 0.820. The van der Waals surface area contributed by atoms with Crippen LogP contribution in [0.4, 0.5) is 0 Å². The van der Waals surface area contributed by atoms with E-state index < -0.39 is 5.41 Å². The van der Waals surface area contributed by atoms with Crippen molar-refractivity contribution in [3.05, 3.63) is 217 Å². The minimum absolute atomic E-state index is 0.457. The van der Waals surface area contributed by atoms with Gasteiger partial charge in [0, 0.05) is 37.9 Å². The number of benzene rings is 9. The maximum atomic E-state index is 5.37. The summed E-state index contributed by atoms with van der Waals surface area (Å²) in [7, 11) is 0. The minimum atomic E-state index is -0.457. The van der Waals surface area contributed by atoms with Gasteiger partial charge in [-0.25, -0.2) is 9.97 Å². The van der Waals surface area contributed by atoms with E-state index in [9.17, 15) is 0 Å². The van der Waals surface area contributed by atoms with Crippen molar-refractivity contribution >= 4 is 65.4 Å². The summed E-state index contributed by atoms with van der Waals surface area (Å²) in [6.07, 6.45) is 0. The highest BCUT2D eigenvalue weighted by Gasteiger charge is 2.42. The summed E-state index contributed by atoms with van der Waals surface area (Å²) in [6, 6.07) is 72.7. The maximum absolute atomic E-state index is 5.37. The molecule has 1 aliphatic rings. The Morgan fingerprint density at radius 2 is 1.08 bits per heavy atom. The number of fused-ring (bicyclic) bond motifs is 11. The Labute approximate surface area is 346 Å². The van der Waals surface area contributed by atoms with Crippen LogP contribution < -0.4 is 0 Å². The fourth-order valence-corrected chi connectivity index (χ4v) is 10.5. The maximum Gasteiger partial charge on any atom is 0.165 e. The Kier molecular flexibility index (Phi) is 6.83. The third-order valence-electron chi connectivity index (χ3n) is 13.1. The number of para-hydroxylation sites is 4. The quantitative estimate of drug-likeness (QED) is 0.179. The zero-order valence-corrected chi connectivity index (χ0v) is 32.8. The summed E-state index contributed by atoms with van der Waals surface area (Å²) in [6.45, 7) is 2.44. The van der Waals surface area contributed by atoms with Gasteiger partial charge in [0.15, 0.2) is 5.82 Å². The molecule has 4 nitrogen and oxygen atoms in total. The molecule has 13 rings (SSSR count). The largest absolute Gasteiger partial charge is 0.308 e. The van der Waals surface area contributed by atoms with Gasteiger partial charge in [-0.1, -0.05) is 164 Å². The number of rotatable bonds is 4. The SMILES string of the molecule is CC1(c2ccccc2)c2ccccc2-n2c3c1c(-c1ccc4c(c1)c1ccccc1n4-c1nc4ccccc4nc1-c1ccccc1)ccc3c1ccc3ccccc3c12. The van der Waals surface area contributed by atoms with Crippen LogP contribution in [0.3, 0.4) is 0 Å². The van der Waals surface area contributed by atoms with Crippen molar-refractivity contribution in [3.63, 3.8) is 0 Å². The first-order chi connectivity index (χ1) is 29.7. The molecule has 1 aliphatic heterocycles. The molecule has 0 radical (unpaired) electrons. The van der Waals surface area contributed by atoms with Gasteiger partial charge in [0.2, 0.25) is 0 Å². The van der Waals surface area contributed by atoms with Crippen molar-refractivity contribution in [1.82, 2.24) is 19.1 Å². The monoisotopic (exact) mass is 764 g/mol. The lowest BCUT2D eigenvalue weighted by atomic mass is 9.66. The molecule has 4 heterocycles. The van der Waals surface area contributed by atoms with E-state index in [1.54, 1.807) is 0 Å². The molecule has 1 unspecified atom stereocenters. The second-order valence-corrected chi connectivity index (χ2v) is 16.2. The Balaban J connectivity index is 1.14. The number of aromatic nitrogens is 4. The molecule has 9 aromatic carbocycles. The molecular weight excluding hydrogens is 729 g/mol. The van der Waals surface area contributed by atoms with Crippen LogP contribution in [0.5, 0.6) is 0 Å². The van der Waals surface area contributed by atoms with Gasteiger partial charge in [-0.05, 0) is 76.5 Å². The van der Waals surface area contributed by atoms with Gasteiger partial charge in [-0.2, -0.15) is 0 Å². The van der Waals surface area contributed by atoms with Gasteiger partial charge < -0.3 is 4.57 Å². The van der Waals surface area contributed by atoms with E-state index in [1.165, 1.54) is 76.9 Å². The summed E-state index contributed by atoms with van der Waals surface area (Å²) < 4.78 is 4.89. The van der Waals surface area contributed by atoms with Crippen molar-refractivity contribution in [2.45, 2.75) is 12.3 Å². The van der Waals surface area contributed by atoms with Crippen LogP contribution in [0.1, 0.15) is 23.6 Å². The van der Waals surface area contributed by atoms with Gasteiger partial charge in [0.05, 0.1) is 38.8 Å². The summed E-state index contributed by atoms with van der Waals surface area (Å²) >= 11 is 0. The molecule has 3 aromatic heterocycles. The molecule has 4 heteroatoms. The van der Waals surface area contributed by atoms with Gasteiger partial charge >= 0.3 is 0 Å². The predicted molar refractivity (Wildman–Crippen MR) is 249 cm³/mol. The van der Waals surface area contributed by atoms with Crippen LogP contribution in [0.25, 0.3) is 99.3 Å². The van der Waals surface area contributed by atoms with Crippen LogP contribution in [0, 0.1) is 0 Å². The lowest BCUT2D eigenvalue weighted by Gasteiger charge is -2.39. The Morgan fingerprint density at radius 1 is 0.433 bits per heavy atom. The van der Waals surface area contributed by atoms with Crippen molar-refractivity contribution in [2.24, 2.45) is 0 Å². The van der Waals surface area contributed by atoms with Gasteiger partial charge in [0.1, 0.15) is 5.69 Å². The first-order valence-electron chi connectivity index (χ1n) is 20.7. The van der Waals surface area contributed by atoms with E-state index in [0.717, 1.165) is 39.1 Å². The molecule has 0 fully saturated rings. The number of hydrogen-bond acceptors (Lipinski definition) is 2. The van der Waals surface area contributed by atoms with Crippen LogP contribution in [0.2, 0.25) is 0 Å². The molecule has 60 heavy (non-hydrogen) atoms. The molecule has 0 saturated heterocycles. The summed E-state index contributed by atoms with van der Waals surface area (Å²) in [4.78, 5) is 10.6. The van der Waals surface area contributed by atoms with Gasteiger partial charge in [-0.3, -0.25) is 4.57 Å². The highest BCUT2D eigenvalue weighted by molar-refractivity contribution is 6.21. The Morgan fingerprint density at radius 3 is 1.93 bits per heavy atom. The second kappa shape index (κ2) is 12.3. The Bertz CT molecular complexity index is 3730. The number of nitrogens with zero attached hydrogens (tertiary/aromatic N) is 4. The zero-order chi connectivity index (χ0) is 39.5. The normalized spacial score (nSPS) is 14.8. The van der Waals surface area contributed by atoms with Crippen LogP contribution in [-0.2, 0) is 5.41 Å². The van der Waals surface area contributed by atoms with E-state index in [0.29, 0.717) is 0 Å². The molecule has 0 amide bonds. The van der Waals surface area contributed by atoms with E-state index in [4.69, 9.17) is 9.97 Å². The predicted octanol–water partition coefficient (Wildman–Crippen LogP) is 14.0. The molecule has 0 bridgehead atoms. The third-order valence-corrected chi connectivity index (χ3v) is 13.1. The highest BCUT2D eigenvalue weighted by atomic mass is 15.1. The van der Waals surface area contributed by atoms with Gasteiger partial charge in [0.25, 0.3) is 0 Å².